The topological polar surface area (TPSA) is 45.1 Å². The summed E-state index contributed by atoms with van der Waals surface area (Å²) >= 11 is 0. The molecule has 0 saturated carbocycles. The van der Waals surface area contributed by atoms with E-state index < -0.39 is 6.10 Å². The number of hydrogen-bond acceptors (Lipinski definition) is 3. The van der Waals surface area contributed by atoms with Gasteiger partial charge in [-0.05, 0) is 39.9 Å². The molecule has 3 heteroatoms. The lowest BCUT2D eigenvalue weighted by Crippen LogP contribution is -2.26. The largest absolute Gasteiger partial charge is 0.387 e. The van der Waals surface area contributed by atoms with Crippen LogP contribution >= 0.6 is 0 Å². The van der Waals surface area contributed by atoms with Crippen molar-refractivity contribution < 1.29 is 5.11 Å². The van der Waals surface area contributed by atoms with Gasteiger partial charge in [-0.15, -0.1) is 0 Å². The number of nitrogens with one attached hydrogen (secondary N) is 1. The van der Waals surface area contributed by atoms with Crippen LogP contribution in [0.2, 0.25) is 0 Å². The minimum absolute atomic E-state index is 0.124. The van der Waals surface area contributed by atoms with Gasteiger partial charge in [0.05, 0.1) is 12.1 Å². The van der Waals surface area contributed by atoms with Gasteiger partial charge in [0, 0.05) is 18.9 Å². The second-order valence-electron chi connectivity index (χ2n) is 5.81. The number of fused-ring (bicyclic) bond motifs is 3. The molecule has 1 aromatic heterocycles. The smallest absolute Gasteiger partial charge is 0.0915 e. The standard InChI is InChI=1S/C20H18N2O/c23-19(14-9-11-21-12-10-14)13-22-20-17-7-3-1-5-15(17)16-6-2-4-8-18(16)20/h1-12,19-20,22-23H,13H2. The molecule has 0 radical (unpaired) electrons. The third-order valence-electron chi connectivity index (χ3n) is 4.44. The molecule has 0 amide bonds. The van der Waals surface area contributed by atoms with Crippen LogP contribution in [0.15, 0.2) is 73.1 Å². The Morgan fingerprint density at radius 2 is 1.43 bits per heavy atom. The van der Waals surface area contributed by atoms with Crippen LogP contribution in [0.4, 0.5) is 0 Å². The van der Waals surface area contributed by atoms with Gasteiger partial charge in [-0.2, -0.15) is 0 Å². The molecule has 0 spiro atoms. The Balaban J connectivity index is 1.60. The summed E-state index contributed by atoms with van der Waals surface area (Å²) in [6.07, 6.45) is 2.87. The first kappa shape index (κ1) is 14.1. The monoisotopic (exact) mass is 302 g/mol. The molecule has 23 heavy (non-hydrogen) atoms. The maximum absolute atomic E-state index is 10.4. The van der Waals surface area contributed by atoms with Crippen LogP contribution in [-0.2, 0) is 0 Å². The lowest BCUT2D eigenvalue weighted by Gasteiger charge is -2.19. The fourth-order valence-electron chi connectivity index (χ4n) is 3.31. The van der Waals surface area contributed by atoms with E-state index in [1.807, 2.05) is 12.1 Å². The maximum Gasteiger partial charge on any atom is 0.0915 e. The molecule has 2 N–H and O–H groups in total. The number of nitrogens with zero attached hydrogens (tertiary/aromatic N) is 1. The van der Waals surface area contributed by atoms with Crippen molar-refractivity contribution in [2.45, 2.75) is 12.1 Å². The minimum atomic E-state index is -0.544. The molecular weight excluding hydrogens is 284 g/mol. The van der Waals surface area contributed by atoms with Gasteiger partial charge in [0.2, 0.25) is 0 Å². The van der Waals surface area contributed by atoms with E-state index >= 15 is 0 Å². The minimum Gasteiger partial charge on any atom is -0.387 e. The molecule has 2 aromatic carbocycles. The average molecular weight is 302 g/mol. The highest BCUT2D eigenvalue weighted by Crippen LogP contribution is 2.43. The van der Waals surface area contributed by atoms with Gasteiger partial charge in [-0.3, -0.25) is 4.98 Å². The Labute approximate surface area is 135 Å². The highest BCUT2D eigenvalue weighted by atomic mass is 16.3. The molecule has 1 unspecified atom stereocenters. The van der Waals surface area contributed by atoms with Crippen molar-refractivity contribution in [3.63, 3.8) is 0 Å². The molecule has 0 bridgehead atoms. The number of rotatable bonds is 4. The molecule has 4 rings (SSSR count). The van der Waals surface area contributed by atoms with E-state index in [1.54, 1.807) is 12.4 Å². The van der Waals surface area contributed by atoms with Gasteiger partial charge < -0.3 is 10.4 Å². The molecule has 114 valence electrons. The van der Waals surface area contributed by atoms with E-state index in [1.165, 1.54) is 22.3 Å². The number of aliphatic hydroxyl groups is 1. The lowest BCUT2D eigenvalue weighted by molar-refractivity contribution is 0.172. The van der Waals surface area contributed by atoms with E-state index in [2.05, 4.69) is 58.8 Å². The van der Waals surface area contributed by atoms with Gasteiger partial charge in [-0.25, -0.2) is 0 Å². The van der Waals surface area contributed by atoms with Crippen molar-refractivity contribution in [1.82, 2.24) is 10.3 Å². The molecular formula is C20H18N2O. The van der Waals surface area contributed by atoms with Crippen LogP contribution in [-0.4, -0.2) is 16.6 Å². The highest BCUT2D eigenvalue weighted by molar-refractivity contribution is 5.78. The van der Waals surface area contributed by atoms with Crippen molar-refractivity contribution in [3.8, 4) is 11.1 Å². The second kappa shape index (κ2) is 5.95. The number of aromatic nitrogens is 1. The second-order valence-corrected chi connectivity index (χ2v) is 5.81. The number of hydrogen-bond donors (Lipinski definition) is 2. The zero-order valence-corrected chi connectivity index (χ0v) is 12.7. The van der Waals surface area contributed by atoms with Crippen LogP contribution in [0.25, 0.3) is 11.1 Å². The van der Waals surface area contributed by atoms with Crippen molar-refractivity contribution >= 4 is 0 Å². The quantitative estimate of drug-likeness (QED) is 0.775. The van der Waals surface area contributed by atoms with E-state index in [4.69, 9.17) is 0 Å². The predicted molar refractivity (Wildman–Crippen MR) is 90.9 cm³/mol. The van der Waals surface area contributed by atoms with Crippen molar-refractivity contribution in [1.29, 1.82) is 0 Å². The first-order valence-electron chi connectivity index (χ1n) is 7.84. The van der Waals surface area contributed by atoms with E-state index in [9.17, 15) is 5.11 Å². The zero-order chi connectivity index (χ0) is 15.6. The Kier molecular flexibility index (Phi) is 3.66. The molecule has 1 atom stereocenters. The Morgan fingerprint density at radius 1 is 0.870 bits per heavy atom. The normalized spacial score (nSPS) is 14.3. The molecule has 1 heterocycles. The third-order valence-corrected chi connectivity index (χ3v) is 4.44. The summed E-state index contributed by atoms with van der Waals surface area (Å²) in [7, 11) is 0. The third kappa shape index (κ3) is 2.54. The molecule has 3 nitrogen and oxygen atoms in total. The summed E-state index contributed by atoms with van der Waals surface area (Å²) in [6.45, 7) is 0.497. The molecule has 0 aliphatic heterocycles. The fraction of sp³-hybridized carbons (Fsp3) is 0.150. The Morgan fingerprint density at radius 3 is 2.04 bits per heavy atom. The fourth-order valence-corrected chi connectivity index (χ4v) is 3.31. The summed E-state index contributed by atoms with van der Waals surface area (Å²) in [5.74, 6) is 0. The molecule has 3 aromatic rings. The van der Waals surface area contributed by atoms with Crippen LogP contribution in [0.1, 0.15) is 28.8 Å². The zero-order valence-electron chi connectivity index (χ0n) is 12.7. The van der Waals surface area contributed by atoms with E-state index in [0.29, 0.717) is 6.54 Å². The van der Waals surface area contributed by atoms with Crippen LogP contribution < -0.4 is 5.32 Å². The van der Waals surface area contributed by atoms with Gasteiger partial charge in [-0.1, -0.05) is 48.5 Å². The predicted octanol–water partition coefficient (Wildman–Crippen LogP) is 3.47. The molecule has 1 aliphatic carbocycles. The first-order chi connectivity index (χ1) is 11.3. The van der Waals surface area contributed by atoms with Crippen LogP contribution in [0, 0.1) is 0 Å². The van der Waals surface area contributed by atoms with Gasteiger partial charge >= 0.3 is 0 Å². The highest BCUT2D eigenvalue weighted by Gasteiger charge is 2.27. The van der Waals surface area contributed by atoms with Crippen molar-refractivity contribution in [3.05, 3.63) is 89.7 Å². The van der Waals surface area contributed by atoms with Crippen LogP contribution in [0.5, 0.6) is 0 Å². The summed E-state index contributed by atoms with van der Waals surface area (Å²) in [5.41, 5.74) is 5.98. The molecule has 0 saturated heterocycles. The van der Waals surface area contributed by atoms with Gasteiger partial charge in [0.15, 0.2) is 0 Å². The first-order valence-corrected chi connectivity index (χ1v) is 7.84. The van der Waals surface area contributed by atoms with Gasteiger partial charge in [0.1, 0.15) is 0 Å². The summed E-state index contributed by atoms with van der Waals surface area (Å²) in [5, 5.41) is 13.9. The average Bonchev–Trinajstić information content (AvgIpc) is 2.94. The summed E-state index contributed by atoms with van der Waals surface area (Å²) < 4.78 is 0. The molecule has 1 aliphatic rings. The Bertz CT molecular complexity index is 771. The van der Waals surface area contributed by atoms with Crippen LogP contribution in [0.3, 0.4) is 0 Å². The molecule has 0 fully saturated rings. The van der Waals surface area contributed by atoms with E-state index in [0.717, 1.165) is 5.56 Å². The summed E-state index contributed by atoms with van der Waals surface area (Å²) in [4.78, 5) is 3.99. The van der Waals surface area contributed by atoms with E-state index in [-0.39, 0.29) is 6.04 Å². The SMILES string of the molecule is OC(CNC1c2ccccc2-c2ccccc21)c1ccncc1. The lowest BCUT2D eigenvalue weighted by atomic mass is 10.0. The van der Waals surface area contributed by atoms with Gasteiger partial charge in [0.25, 0.3) is 0 Å². The maximum atomic E-state index is 10.4. The number of benzene rings is 2. The summed E-state index contributed by atoms with van der Waals surface area (Å²) in [6, 6.07) is 20.7. The Hall–Kier alpha value is -2.49. The number of pyridine rings is 1. The number of aliphatic hydroxyl groups excluding tert-OH is 1. The van der Waals surface area contributed by atoms with Crippen molar-refractivity contribution in [2.75, 3.05) is 6.54 Å². The van der Waals surface area contributed by atoms with Crippen molar-refractivity contribution in [2.24, 2.45) is 0 Å².